The van der Waals surface area contributed by atoms with Crippen molar-refractivity contribution >= 4 is 5.69 Å². The minimum absolute atomic E-state index is 0.180. The monoisotopic (exact) mass is 236 g/mol. The fourth-order valence-electron chi connectivity index (χ4n) is 1.52. The van der Waals surface area contributed by atoms with E-state index in [-0.39, 0.29) is 13.2 Å². The molecule has 3 N–H and O–H groups in total. The van der Waals surface area contributed by atoms with E-state index < -0.39 is 6.10 Å². The van der Waals surface area contributed by atoms with Crippen molar-refractivity contribution in [1.29, 1.82) is 5.26 Å². The maximum Gasteiger partial charge on any atom is 0.123 e. The highest BCUT2D eigenvalue weighted by Crippen LogP contribution is 2.28. The lowest BCUT2D eigenvalue weighted by Gasteiger charge is -2.15. The number of aliphatic hydroxyl groups is 2. The molecule has 1 atom stereocenters. The molecular weight excluding hydrogens is 220 g/mol. The van der Waals surface area contributed by atoms with Crippen molar-refractivity contribution in [1.82, 2.24) is 0 Å². The van der Waals surface area contributed by atoms with Gasteiger partial charge in [-0.15, -0.1) is 0 Å². The van der Waals surface area contributed by atoms with Gasteiger partial charge in [-0.3, -0.25) is 0 Å². The molecule has 92 valence electrons. The van der Waals surface area contributed by atoms with Crippen LogP contribution in [0.15, 0.2) is 12.1 Å². The van der Waals surface area contributed by atoms with Crippen molar-refractivity contribution in [2.24, 2.45) is 0 Å². The topological polar surface area (TPSA) is 85.5 Å². The molecule has 0 aliphatic heterocycles. The number of hydrogen-bond donors (Lipinski definition) is 3. The van der Waals surface area contributed by atoms with E-state index in [1.54, 1.807) is 19.2 Å². The predicted molar refractivity (Wildman–Crippen MR) is 64.0 cm³/mol. The molecular formula is C12H16N2O3. The number of methoxy groups -OCH3 is 1. The summed E-state index contributed by atoms with van der Waals surface area (Å²) in [5.41, 5.74) is 1.91. The van der Waals surface area contributed by atoms with E-state index >= 15 is 0 Å². The first-order valence-electron chi connectivity index (χ1n) is 5.24. The first-order valence-corrected chi connectivity index (χ1v) is 5.24. The molecule has 5 heteroatoms. The third-order valence-electron chi connectivity index (χ3n) is 2.48. The Labute approximate surface area is 100 Å². The van der Waals surface area contributed by atoms with Crippen LogP contribution in [0.4, 0.5) is 5.69 Å². The maximum absolute atomic E-state index is 9.27. The summed E-state index contributed by atoms with van der Waals surface area (Å²) >= 11 is 0. The second kappa shape index (κ2) is 6.09. The second-order valence-electron chi connectivity index (χ2n) is 3.64. The van der Waals surface area contributed by atoms with Gasteiger partial charge in [0, 0.05) is 12.1 Å². The number of ether oxygens (including phenoxy) is 1. The molecule has 0 heterocycles. The van der Waals surface area contributed by atoms with Crippen LogP contribution in [0, 0.1) is 18.3 Å². The van der Waals surface area contributed by atoms with Gasteiger partial charge in [0.05, 0.1) is 31.1 Å². The van der Waals surface area contributed by atoms with E-state index in [9.17, 15) is 5.11 Å². The van der Waals surface area contributed by atoms with Crippen LogP contribution in [-0.4, -0.2) is 36.6 Å². The van der Waals surface area contributed by atoms with Crippen LogP contribution in [0.2, 0.25) is 0 Å². The fourth-order valence-corrected chi connectivity index (χ4v) is 1.52. The second-order valence-corrected chi connectivity index (χ2v) is 3.64. The first-order chi connectivity index (χ1) is 8.13. The number of nitriles is 1. The summed E-state index contributed by atoms with van der Waals surface area (Å²) in [6.07, 6.45) is -0.854. The minimum atomic E-state index is -0.854. The normalized spacial score (nSPS) is 11.7. The Balaban J connectivity index is 2.99. The van der Waals surface area contributed by atoms with Crippen molar-refractivity contribution < 1.29 is 14.9 Å². The Hall–Kier alpha value is -1.77. The van der Waals surface area contributed by atoms with Crippen molar-refractivity contribution in [3.05, 3.63) is 23.3 Å². The third-order valence-corrected chi connectivity index (χ3v) is 2.48. The Morgan fingerprint density at radius 1 is 1.53 bits per heavy atom. The van der Waals surface area contributed by atoms with Gasteiger partial charge in [-0.25, -0.2) is 0 Å². The van der Waals surface area contributed by atoms with Crippen LogP contribution < -0.4 is 10.1 Å². The number of hydrogen-bond acceptors (Lipinski definition) is 5. The van der Waals surface area contributed by atoms with Crippen LogP contribution in [0.1, 0.15) is 11.1 Å². The quantitative estimate of drug-likeness (QED) is 0.698. The lowest BCUT2D eigenvalue weighted by atomic mass is 10.1. The van der Waals surface area contributed by atoms with Gasteiger partial charge in [0.25, 0.3) is 0 Å². The molecule has 1 rings (SSSR count). The Morgan fingerprint density at radius 3 is 2.76 bits per heavy atom. The summed E-state index contributed by atoms with van der Waals surface area (Å²) in [4.78, 5) is 0. The lowest BCUT2D eigenvalue weighted by molar-refractivity contribution is 0.105. The van der Waals surface area contributed by atoms with Gasteiger partial charge in [0.15, 0.2) is 0 Å². The summed E-state index contributed by atoms with van der Waals surface area (Å²) in [6.45, 7) is 1.68. The molecule has 17 heavy (non-hydrogen) atoms. The van der Waals surface area contributed by atoms with Crippen molar-refractivity contribution in [3.63, 3.8) is 0 Å². The molecule has 0 aliphatic rings. The summed E-state index contributed by atoms with van der Waals surface area (Å²) in [5.74, 6) is 0.671. The molecule has 0 radical (unpaired) electrons. The van der Waals surface area contributed by atoms with Crippen LogP contribution in [0.5, 0.6) is 5.75 Å². The van der Waals surface area contributed by atoms with Crippen molar-refractivity contribution in [2.45, 2.75) is 13.0 Å². The van der Waals surface area contributed by atoms with E-state index in [4.69, 9.17) is 15.1 Å². The highest BCUT2D eigenvalue weighted by Gasteiger charge is 2.11. The molecule has 0 spiro atoms. The molecule has 1 aromatic carbocycles. The van der Waals surface area contributed by atoms with E-state index in [1.807, 2.05) is 6.92 Å². The first kappa shape index (κ1) is 13.3. The molecule has 0 aliphatic carbocycles. The zero-order valence-electron chi connectivity index (χ0n) is 9.90. The molecule has 0 amide bonds. The highest BCUT2D eigenvalue weighted by atomic mass is 16.5. The van der Waals surface area contributed by atoms with Gasteiger partial charge >= 0.3 is 0 Å². The Bertz CT molecular complexity index is 426. The van der Waals surface area contributed by atoms with Gasteiger partial charge in [0.2, 0.25) is 0 Å². The maximum atomic E-state index is 9.27. The number of nitrogens with one attached hydrogen (secondary N) is 1. The number of rotatable bonds is 5. The van der Waals surface area contributed by atoms with E-state index in [0.29, 0.717) is 17.0 Å². The average molecular weight is 236 g/mol. The summed E-state index contributed by atoms with van der Waals surface area (Å²) < 4.78 is 5.16. The van der Waals surface area contributed by atoms with Crippen LogP contribution in [0.25, 0.3) is 0 Å². The lowest BCUT2D eigenvalue weighted by Crippen LogP contribution is -2.23. The average Bonchev–Trinajstić information content (AvgIpc) is 2.36. The molecule has 0 bridgehead atoms. The third kappa shape index (κ3) is 3.09. The van der Waals surface area contributed by atoms with Gasteiger partial charge in [-0.2, -0.15) is 5.26 Å². The van der Waals surface area contributed by atoms with Gasteiger partial charge in [-0.05, 0) is 19.1 Å². The predicted octanol–water partition coefficient (Wildman–Crippen LogP) is 0.640. The summed E-state index contributed by atoms with van der Waals surface area (Å²) in [5, 5.41) is 29.9. The van der Waals surface area contributed by atoms with Gasteiger partial charge in [0.1, 0.15) is 11.8 Å². The molecule has 0 fully saturated rings. The molecule has 0 saturated heterocycles. The largest absolute Gasteiger partial charge is 0.496 e. The Kier molecular flexibility index (Phi) is 4.76. The summed E-state index contributed by atoms with van der Waals surface area (Å²) in [6, 6.07) is 5.44. The van der Waals surface area contributed by atoms with Crippen LogP contribution in [-0.2, 0) is 0 Å². The van der Waals surface area contributed by atoms with Gasteiger partial charge < -0.3 is 20.3 Å². The van der Waals surface area contributed by atoms with E-state index in [1.165, 1.54) is 0 Å². The standard InChI is InChI=1S/C12H16N2O3/c1-8-11(17-2)4-3-9(5-13)12(8)14-6-10(16)7-15/h3-4,10,14-16H,6-7H2,1-2H3. The zero-order valence-corrected chi connectivity index (χ0v) is 9.90. The smallest absolute Gasteiger partial charge is 0.123 e. The van der Waals surface area contributed by atoms with Crippen molar-refractivity contribution in [2.75, 3.05) is 25.6 Å². The molecule has 1 aromatic rings. The number of nitrogens with zero attached hydrogens (tertiary/aromatic N) is 1. The van der Waals surface area contributed by atoms with E-state index in [2.05, 4.69) is 11.4 Å². The van der Waals surface area contributed by atoms with Crippen LogP contribution >= 0.6 is 0 Å². The molecule has 1 unspecified atom stereocenters. The Morgan fingerprint density at radius 2 is 2.24 bits per heavy atom. The highest BCUT2D eigenvalue weighted by molar-refractivity contribution is 5.66. The van der Waals surface area contributed by atoms with Crippen LogP contribution in [0.3, 0.4) is 0 Å². The zero-order chi connectivity index (χ0) is 12.8. The van der Waals surface area contributed by atoms with Gasteiger partial charge in [-0.1, -0.05) is 0 Å². The number of anilines is 1. The number of aliphatic hydroxyl groups excluding tert-OH is 2. The summed E-state index contributed by atoms with van der Waals surface area (Å²) in [7, 11) is 1.56. The van der Waals surface area contributed by atoms with E-state index in [0.717, 1.165) is 5.56 Å². The minimum Gasteiger partial charge on any atom is -0.496 e. The molecule has 0 aromatic heterocycles. The van der Waals surface area contributed by atoms with Crippen molar-refractivity contribution in [3.8, 4) is 11.8 Å². The molecule has 0 saturated carbocycles. The molecule has 5 nitrogen and oxygen atoms in total. The fraction of sp³-hybridized carbons (Fsp3) is 0.417. The SMILES string of the molecule is COc1ccc(C#N)c(NCC(O)CO)c1C. The number of benzene rings is 1.